The summed E-state index contributed by atoms with van der Waals surface area (Å²) >= 11 is 2.97. The van der Waals surface area contributed by atoms with Gasteiger partial charge in [-0.05, 0) is 42.8 Å². The Kier molecular flexibility index (Phi) is 5.10. The van der Waals surface area contributed by atoms with Crippen molar-refractivity contribution < 1.29 is 23.8 Å². The highest BCUT2D eigenvalue weighted by molar-refractivity contribution is 9.10. The normalized spacial score (nSPS) is 12.7. The Bertz CT molecular complexity index is 528. The number of rotatable bonds is 3. The summed E-state index contributed by atoms with van der Waals surface area (Å²) in [5.74, 6) is -2.12. The van der Waals surface area contributed by atoms with Crippen molar-refractivity contribution in [2.75, 3.05) is 0 Å². The number of carbonyl (C=O) groups is 2. The van der Waals surface area contributed by atoms with Crippen LogP contribution < -0.4 is 5.32 Å². The summed E-state index contributed by atoms with van der Waals surface area (Å²) in [5.41, 5.74) is -0.930. The lowest BCUT2D eigenvalue weighted by atomic mass is 10.1. The van der Waals surface area contributed by atoms with Crippen LogP contribution in [0.3, 0.4) is 0 Å². The Morgan fingerprint density at radius 3 is 2.50 bits per heavy atom. The molecule has 0 bridgehead atoms. The van der Waals surface area contributed by atoms with E-state index in [1.807, 2.05) is 0 Å². The summed E-state index contributed by atoms with van der Waals surface area (Å²) in [5, 5.41) is 11.3. The number of benzene rings is 1. The highest BCUT2D eigenvalue weighted by Crippen LogP contribution is 2.24. The van der Waals surface area contributed by atoms with E-state index in [-0.39, 0.29) is 10.0 Å². The Morgan fingerprint density at radius 1 is 1.40 bits per heavy atom. The van der Waals surface area contributed by atoms with E-state index in [2.05, 4.69) is 21.2 Å². The molecular formula is C13H15BrFNO4. The fourth-order valence-corrected chi connectivity index (χ4v) is 1.82. The zero-order chi connectivity index (χ0) is 15.5. The molecule has 0 aliphatic heterocycles. The maximum absolute atomic E-state index is 13.9. The molecule has 1 aromatic rings. The van der Waals surface area contributed by atoms with Gasteiger partial charge in [-0.15, -0.1) is 0 Å². The molecule has 0 aliphatic carbocycles. The van der Waals surface area contributed by atoms with E-state index >= 15 is 0 Å². The van der Waals surface area contributed by atoms with E-state index in [1.165, 1.54) is 18.2 Å². The topological polar surface area (TPSA) is 75.6 Å². The third kappa shape index (κ3) is 4.48. The van der Waals surface area contributed by atoms with Crippen LogP contribution in [0.15, 0.2) is 22.7 Å². The number of hydrogen-bond acceptors (Lipinski definition) is 3. The summed E-state index contributed by atoms with van der Waals surface area (Å²) in [6.45, 7) is 4.92. The Morgan fingerprint density at radius 2 is 2.00 bits per heavy atom. The molecule has 1 aromatic carbocycles. The van der Waals surface area contributed by atoms with Gasteiger partial charge in [0.2, 0.25) is 0 Å². The molecule has 110 valence electrons. The van der Waals surface area contributed by atoms with Crippen LogP contribution in [0.4, 0.5) is 9.18 Å². The van der Waals surface area contributed by atoms with Gasteiger partial charge in [0, 0.05) is 5.56 Å². The first-order chi connectivity index (χ1) is 9.11. The number of amides is 1. The summed E-state index contributed by atoms with van der Waals surface area (Å²) in [7, 11) is 0. The van der Waals surface area contributed by atoms with Gasteiger partial charge < -0.3 is 15.2 Å². The predicted octanol–water partition coefficient (Wildman–Crippen LogP) is 3.24. The zero-order valence-electron chi connectivity index (χ0n) is 11.2. The van der Waals surface area contributed by atoms with Gasteiger partial charge in [0.15, 0.2) is 6.04 Å². The van der Waals surface area contributed by atoms with E-state index in [0.29, 0.717) is 0 Å². The van der Waals surface area contributed by atoms with Gasteiger partial charge in [-0.25, -0.2) is 14.0 Å². The van der Waals surface area contributed by atoms with Crippen molar-refractivity contribution in [1.29, 1.82) is 0 Å². The van der Waals surface area contributed by atoms with Crippen LogP contribution in [0.1, 0.15) is 32.4 Å². The molecule has 0 fully saturated rings. The third-order valence-corrected chi connectivity index (χ3v) is 2.81. The second-order valence-corrected chi connectivity index (χ2v) is 5.91. The van der Waals surface area contributed by atoms with Gasteiger partial charge in [0.1, 0.15) is 11.4 Å². The van der Waals surface area contributed by atoms with Gasteiger partial charge in [-0.1, -0.05) is 12.1 Å². The minimum atomic E-state index is -1.53. The van der Waals surface area contributed by atoms with Crippen molar-refractivity contribution in [1.82, 2.24) is 5.32 Å². The monoisotopic (exact) mass is 347 g/mol. The van der Waals surface area contributed by atoms with Crippen molar-refractivity contribution in [3.05, 3.63) is 34.1 Å². The van der Waals surface area contributed by atoms with Crippen molar-refractivity contribution >= 4 is 28.0 Å². The molecule has 0 spiro atoms. The van der Waals surface area contributed by atoms with Gasteiger partial charge in [-0.3, -0.25) is 0 Å². The number of hydrogen-bond donors (Lipinski definition) is 2. The summed E-state index contributed by atoms with van der Waals surface area (Å²) < 4.78 is 19.0. The number of ether oxygens (including phenoxy) is 1. The molecule has 0 radical (unpaired) electrons. The molecule has 1 amide bonds. The number of carbonyl (C=O) groups excluding carboxylic acids is 1. The molecule has 1 rings (SSSR count). The van der Waals surface area contributed by atoms with Crippen LogP contribution >= 0.6 is 15.9 Å². The van der Waals surface area contributed by atoms with Gasteiger partial charge in [0.05, 0.1) is 4.47 Å². The van der Waals surface area contributed by atoms with Crippen LogP contribution in [-0.4, -0.2) is 22.8 Å². The average Bonchev–Trinajstić information content (AvgIpc) is 2.27. The van der Waals surface area contributed by atoms with Crippen LogP contribution in [-0.2, 0) is 9.53 Å². The minimum absolute atomic E-state index is 0.118. The molecule has 20 heavy (non-hydrogen) atoms. The smallest absolute Gasteiger partial charge is 0.408 e. The quantitative estimate of drug-likeness (QED) is 0.879. The Balaban J connectivity index is 2.99. The Hall–Kier alpha value is -1.63. The Labute approximate surface area is 124 Å². The first kappa shape index (κ1) is 16.4. The predicted molar refractivity (Wildman–Crippen MR) is 73.8 cm³/mol. The fraction of sp³-hybridized carbons (Fsp3) is 0.385. The fourth-order valence-electron chi connectivity index (χ4n) is 1.44. The van der Waals surface area contributed by atoms with Crippen molar-refractivity contribution in [3.8, 4) is 0 Å². The lowest BCUT2D eigenvalue weighted by Crippen LogP contribution is -2.38. The number of carboxylic acid groups (broad SMARTS) is 1. The lowest BCUT2D eigenvalue weighted by Gasteiger charge is -2.22. The molecule has 0 aliphatic rings. The number of halogens is 2. The highest BCUT2D eigenvalue weighted by atomic mass is 79.9. The number of nitrogens with one attached hydrogen (secondary N) is 1. The molecule has 1 atom stereocenters. The summed E-state index contributed by atoms with van der Waals surface area (Å²) in [6.07, 6.45) is -0.927. The molecule has 5 nitrogen and oxygen atoms in total. The number of aliphatic carboxylic acids is 1. The van der Waals surface area contributed by atoms with E-state index in [0.717, 1.165) is 0 Å². The molecule has 2 N–H and O–H groups in total. The second kappa shape index (κ2) is 6.21. The van der Waals surface area contributed by atoms with Gasteiger partial charge in [-0.2, -0.15) is 0 Å². The van der Waals surface area contributed by atoms with Crippen LogP contribution in [0.5, 0.6) is 0 Å². The summed E-state index contributed by atoms with van der Waals surface area (Å²) in [6, 6.07) is 2.68. The average molecular weight is 348 g/mol. The first-order valence-electron chi connectivity index (χ1n) is 5.78. The third-order valence-electron chi connectivity index (χ3n) is 2.20. The largest absolute Gasteiger partial charge is 0.479 e. The standard InChI is InChI=1S/C13H15BrFNO4/c1-13(2,3)20-12(19)16-10(11(17)18)7-5-4-6-8(14)9(7)15/h4-6,10H,1-3H3,(H,16,19)(H,17,18)/t10-/m1/s1. The summed E-state index contributed by atoms with van der Waals surface area (Å²) in [4.78, 5) is 22.8. The van der Waals surface area contributed by atoms with Crippen LogP contribution in [0.2, 0.25) is 0 Å². The molecular weight excluding hydrogens is 333 g/mol. The van der Waals surface area contributed by atoms with E-state index < -0.39 is 29.5 Å². The molecule has 0 heterocycles. The van der Waals surface area contributed by atoms with E-state index in [1.54, 1.807) is 20.8 Å². The van der Waals surface area contributed by atoms with E-state index in [4.69, 9.17) is 9.84 Å². The van der Waals surface area contributed by atoms with E-state index in [9.17, 15) is 14.0 Å². The maximum Gasteiger partial charge on any atom is 0.408 e. The molecule has 7 heteroatoms. The van der Waals surface area contributed by atoms with Crippen LogP contribution in [0, 0.1) is 5.82 Å². The zero-order valence-corrected chi connectivity index (χ0v) is 12.8. The van der Waals surface area contributed by atoms with Gasteiger partial charge >= 0.3 is 12.1 Å². The van der Waals surface area contributed by atoms with Gasteiger partial charge in [0.25, 0.3) is 0 Å². The van der Waals surface area contributed by atoms with Crippen molar-refractivity contribution in [3.63, 3.8) is 0 Å². The lowest BCUT2D eigenvalue weighted by molar-refractivity contribution is -0.139. The second-order valence-electron chi connectivity index (χ2n) is 5.06. The number of carboxylic acids is 1. The highest BCUT2D eigenvalue weighted by Gasteiger charge is 2.28. The molecule has 0 unspecified atom stereocenters. The molecule has 0 aromatic heterocycles. The molecule has 0 saturated heterocycles. The van der Waals surface area contributed by atoms with Crippen LogP contribution in [0.25, 0.3) is 0 Å². The minimum Gasteiger partial charge on any atom is -0.479 e. The number of alkyl carbamates (subject to hydrolysis) is 1. The van der Waals surface area contributed by atoms with Crippen molar-refractivity contribution in [2.24, 2.45) is 0 Å². The van der Waals surface area contributed by atoms with Crippen molar-refractivity contribution in [2.45, 2.75) is 32.4 Å². The first-order valence-corrected chi connectivity index (χ1v) is 6.57. The maximum atomic E-state index is 13.9. The SMILES string of the molecule is CC(C)(C)OC(=O)N[C@@H](C(=O)O)c1cccc(Br)c1F. The molecule has 0 saturated carbocycles.